The first-order valence-electron chi connectivity index (χ1n) is 10.8. The summed E-state index contributed by atoms with van der Waals surface area (Å²) < 4.78 is 28.3. The summed E-state index contributed by atoms with van der Waals surface area (Å²) in [4.78, 5) is 12.5. The van der Waals surface area contributed by atoms with Crippen LogP contribution in [0.4, 0.5) is 0 Å². The minimum Gasteiger partial charge on any atom is -0.334 e. The lowest BCUT2D eigenvalue weighted by molar-refractivity contribution is 0.0881. The van der Waals surface area contributed by atoms with E-state index in [1.54, 1.807) is 28.6 Å². The molecule has 2 fully saturated rings. The Hall–Kier alpha value is -2.69. The molecule has 2 aromatic carbocycles. The Kier molecular flexibility index (Phi) is 5.87. The Morgan fingerprint density at radius 1 is 1.13 bits per heavy atom. The predicted molar refractivity (Wildman–Crippen MR) is 119 cm³/mol. The average molecular weight is 438 g/mol. The molecule has 4 rings (SSSR count). The van der Waals surface area contributed by atoms with Crippen molar-refractivity contribution in [2.75, 3.05) is 6.54 Å². The number of rotatable bonds is 5. The lowest BCUT2D eigenvalue weighted by Crippen LogP contribution is -2.52. The van der Waals surface area contributed by atoms with Gasteiger partial charge in [0.05, 0.1) is 6.07 Å². The van der Waals surface area contributed by atoms with Crippen molar-refractivity contribution in [3.05, 3.63) is 71.3 Å². The van der Waals surface area contributed by atoms with Crippen molar-refractivity contribution in [3.63, 3.8) is 0 Å². The summed E-state index contributed by atoms with van der Waals surface area (Å²) in [5.74, 6) is -0.268. The molecule has 0 bridgehead atoms. The van der Waals surface area contributed by atoms with Crippen LogP contribution in [0.25, 0.3) is 0 Å². The van der Waals surface area contributed by atoms with E-state index in [0.717, 1.165) is 24.0 Å². The average Bonchev–Trinajstić information content (AvgIpc) is 2.76. The summed E-state index contributed by atoms with van der Waals surface area (Å²) >= 11 is 0. The largest absolute Gasteiger partial charge is 0.334 e. The van der Waals surface area contributed by atoms with Gasteiger partial charge in [-0.1, -0.05) is 42.5 Å². The molecule has 6 nitrogen and oxygen atoms in total. The summed E-state index contributed by atoms with van der Waals surface area (Å²) in [5.41, 5.74) is 1.40. The van der Waals surface area contributed by atoms with E-state index in [1.165, 1.54) is 0 Å². The highest BCUT2D eigenvalue weighted by Crippen LogP contribution is 2.39. The smallest absolute Gasteiger partial charge is 0.252 e. The van der Waals surface area contributed by atoms with Crippen LogP contribution in [0.1, 0.15) is 71.8 Å². The van der Waals surface area contributed by atoms with Gasteiger partial charge >= 0.3 is 0 Å². The molecule has 2 unspecified atom stereocenters. The number of sulfonamides is 1. The van der Waals surface area contributed by atoms with Gasteiger partial charge in [0.1, 0.15) is 10.8 Å². The standard InChI is InChI=1S/C24H27N3O3S/c1-18(27-16-5-9-22(31(27,29)30)20-7-3-2-4-8-20)19-10-12-21(13-11-19)23(28)26-24(17-25)14-6-15-24/h2-4,7-8,10-13,18,22H,5-6,9,14-16H2,1H3,(H,26,28). The number of hydrogen-bond donors (Lipinski definition) is 1. The number of nitrogens with one attached hydrogen (secondary N) is 1. The summed E-state index contributed by atoms with van der Waals surface area (Å²) in [6.45, 7) is 2.37. The van der Waals surface area contributed by atoms with Crippen molar-refractivity contribution in [1.82, 2.24) is 9.62 Å². The van der Waals surface area contributed by atoms with Crippen LogP contribution in [0.3, 0.4) is 0 Å². The molecular weight excluding hydrogens is 410 g/mol. The predicted octanol–water partition coefficient (Wildman–Crippen LogP) is 4.09. The highest BCUT2D eigenvalue weighted by atomic mass is 32.2. The van der Waals surface area contributed by atoms with E-state index in [0.29, 0.717) is 31.4 Å². The van der Waals surface area contributed by atoms with Gasteiger partial charge in [0, 0.05) is 18.2 Å². The highest BCUT2D eigenvalue weighted by molar-refractivity contribution is 7.89. The highest BCUT2D eigenvalue weighted by Gasteiger charge is 2.40. The number of carbonyl (C=O) groups is 1. The van der Waals surface area contributed by atoms with Gasteiger partial charge in [-0.2, -0.15) is 9.57 Å². The molecule has 0 aromatic heterocycles. The molecule has 1 heterocycles. The second-order valence-corrected chi connectivity index (χ2v) is 10.6. The summed E-state index contributed by atoms with van der Waals surface area (Å²) in [6, 6.07) is 18.3. The molecule has 1 N–H and O–H groups in total. The van der Waals surface area contributed by atoms with Gasteiger partial charge < -0.3 is 5.32 Å². The number of nitrogens with zero attached hydrogens (tertiary/aromatic N) is 2. The van der Waals surface area contributed by atoms with E-state index in [1.807, 2.05) is 37.3 Å². The summed E-state index contributed by atoms with van der Waals surface area (Å²) in [6.07, 6.45) is 3.73. The Balaban J connectivity index is 1.50. The lowest BCUT2D eigenvalue weighted by atomic mass is 9.78. The van der Waals surface area contributed by atoms with Crippen LogP contribution in [0, 0.1) is 11.3 Å². The topological polar surface area (TPSA) is 90.3 Å². The van der Waals surface area contributed by atoms with Crippen LogP contribution in [0.5, 0.6) is 0 Å². The third-order valence-electron chi connectivity index (χ3n) is 6.56. The van der Waals surface area contributed by atoms with Gasteiger partial charge in [0.2, 0.25) is 10.0 Å². The zero-order valence-electron chi connectivity index (χ0n) is 17.6. The SMILES string of the molecule is CC(c1ccc(C(=O)NC2(C#N)CCC2)cc1)N1CCCC(c2ccccc2)S1(=O)=O. The molecule has 31 heavy (non-hydrogen) atoms. The van der Waals surface area contributed by atoms with Crippen molar-refractivity contribution < 1.29 is 13.2 Å². The Bertz CT molecular complexity index is 1090. The van der Waals surface area contributed by atoms with Crippen molar-refractivity contribution >= 4 is 15.9 Å². The number of hydrogen-bond acceptors (Lipinski definition) is 4. The van der Waals surface area contributed by atoms with Gasteiger partial charge in [0.15, 0.2) is 0 Å². The normalized spacial score (nSPS) is 23.2. The minimum absolute atomic E-state index is 0.268. The van der Waals surface area contributed by atoms with Gasteiger partial charge in [-0.15, -0.1) is 0 Å². The second-order valence-electron chi connectivity index (χ2n) is 8.50. The first-order valence-corrected chi connectivity index (χ1v) is 12.3. The maximum Gasteiger partial charge on any atom is 0.252 e. The molecule has 2 aromatic rings. The second kappa shape index (κ2) is 8.45. The van der Waals surface area contributed by atoms with Crippen LogP contribution in [-0.2, 0) is 10.0 Å². The van der Waals surface area contributed by atoms with Crippen LogP contribution >= 0.6 is 0 Å². The summed E-state index contributed by atoms with van der Waals surface area (Å²) in [7, 11) is -3.50. The fraction of sp³-hybridized carbons (Fsp3) is 0.417. The molecule has 0 radical (unpaired) electrons. The molecule has 2 atom stereocenters. The monoisotopic (exact) mass is 437 g/mol. The molecule has 1 saturated carbocycles. The zero-order chi connectivity index (χ0) is 22.1. The fourth-order valence-corrected chi connectivity index (χ4v) is 6.69. The van der Waals surface area contributed by atoms with Crippen LogP contribution in [0.15, 0.2) is 54.6 Å². The Morgan fingerprint density at radius 3 is 2.39 bits per heavy atom. The van der Waals surface area contributed by atoms with Crippen molar-refractivity contribution in [1.29, 1.82) is 5.26 Å². The van der Waals surface area contributed by atoms with E-state index >= 15 is 0 Å². The van der Waals surface area contributed by atoms with Gasteiger partial charge in [-0.3, -0.25) is 4.79 Å². The van der Waals surface area contributed by atoms with Crippen LogP contribution < -0.4 is 5.32 Å². The third kappa shape index (κ3) is 4.10. The maximum absolute atomic E-state index is 13.4. The molecule has 2 aliphatic rings. The van der Waals surface area contributed by atoms with Crippen molar-refractivity contribution in [2.24, 2.45) is 0 Å². The molecule has 7 heteroatoms. The van der Waals surface area contributed by atoms with Crippen LogP contribution in [0.2, 0.25) is 0 Å². The van der Waals surface area contributed by atoms with E-state index in [9.17, 15) is 18.5 Å². The number of carbonyl (C=O) groups excluding carboxylic acids is 1. The first-order chi connectivity index (χ1) is 14.9. The van der Waals surface area contributed by atoms with E-state index < -0.39 is 20.8 Å². The van der Waals surface area contributed by atoms with E-state index in [-0.39, 0.29) is 11.9 Å². The molecule has 0 spiro atoms. The first kappa shape index (κ1) is 21.5. The number of amides is 1. The quantitative estimate of drug-likeness (QED) is 0.763. The minimum atomic E-state index is -3.50. The lowest BCUT2D eigenvalue weighted by Gasteiger charge is -2.37. The van der Waals surface area contributed by atoms with Crippen molar-refractivity contribution in [3.8, 4) is 6.07 Å². The molecule has 162 valence electrons. The zero-order valence-corrected chi connectivity index (χ0v) is 18.4. The molecule has 1 aliphatic heterocycles. The maximum atomic E-state index is 13.4. The molecular formula is C24H27N3O3S. The van der Waals surface area contributed by atoms with Gasteiger partial charge in [-0.05, 0) is 62.3 Å². The Morgan fingerprint density at radius 2 is 1.81 bits per heavy atom. The van der Waals surface area contributed by atoms with Crippen LogP contribution in [-0.4, -0.2) is 30.7 Å². The summed E-state index contributed by atoms with van der Waals surface area (Å²) in [5, 5.41) is 11.6. The van der Waals surface area contributed by atoms with Gasteiger partial charge in [-0.25, -0.2) is 8.42 Å². The third-order valence-corrected chi connectivity index (χ3v) is 8.94. The molecule has 1 aliphatic carbocycles. The number of nitriles is 1. The number of benzene rings is 2. The molecule has 1 amide bonds. The van der Waals surface area contributed by atoms with E-state index in [4.69, 9.17) is 0 Å². The van der Waals surface area contributed by atoms with Gasteiger partial charge in [0.25, 0.3) is 5.91 Å². The van der Waals surface area contributed by atoms with Crippen molar-refractivity contribution in [2.45, 2.75) is 55.9 Å². The molecule has 1 saturated heterocycles. The fourth-order valence-electron chi connectivity index (χ4n) is 4.46. The Labute approximate surface area is 183 Å². The van der Waals surface area contributed by atoms with E-state index in [2.05, 4.69) is 11.4 Å².